The topological polar surface area (TPSA) is 24.5 Å². The minimum atomic E-state index is 0.723. The number of likely N-dealkylation sites (N-methyl/N-ethyl adjacent to an activating group) is 1. The fourth-order valence-corrected chi connectivity index (χ4v) is 2.69. The SMILES string of the molecule is CN(C)CCOCCNC1CCCSC1. The van der Waals surface area contributed by atoms with Crippen molar-refractivity contribution >= 4 is 11.8 Å². The first-order valence-electron chi connectivity index (χ1n) is 5.82. The Morgan fingerprint density at radius 2 is 2.27 bits per heavy atom. The third-order valence-electron chi connectivity index (χ3n) is 2.52. The third kappa shape index (κ3) is 7.17. The van der Waals surface area contributed by atoms with E-state index >= 15 is 0 Å². The molecule has 3 nitrogen and oxygen atoms in total. The third-order valence-corrected chi connectivity index (χ3v) is 3.74. The molecule has 1 rings (SSSR count). The summed E-state index contributed by atoms with van der Waals surface area (Å²) in [6.45, 7) is 3.70. The predicted octanol–water partition coefficient (Wildman–Crippen LogP) is 1.05. The molecule has 1 unspecified atom stereocenters. The minimum absolute atomic E-state index is 0.723. The molecule has 0 aromatic carbocycles. The average Bonchev–Trinajstić information content (AvgIpc) is 2.24. The van der Waals surface area contributed by atoms with Crippen molar-refractivity contribution in [1.82, 2.24) is 10.2 Å². The average molecular weight is 232 g/mol. The maximum atomic E-state index is 5.52. The molecule has 1 N–H and O–H groups in total. The summed E-state index contributed by atoms with van der Waals surface area (Å²) in [5, 5.41) is 3.55. The van der Waals surface area contributed by atoms with Gasteiger partial charge in [-0.15, -0.1) is 0 Å². The van der Waals surface area contributed by atoms with Crippen molar-refractivity contribution in [1.29, 1.82) is 0 Å². The summed E-state index contributed by atoms with van der Waals surface area (Å²) in [5.74, 6) is 2.62. The summed E-state index contributed by atoms with van der Waals surface area (Å²) >= 11 is 2.07. The maximum Gasteiger partial charge on any atom is 0.0593 e. The highest BCUT2D eigenvalue weighted by atomic mass is 32.2. The van der Waals surface area contributed by atoms with E-state index in [-0.39, 0.29) is 0 Å². The molecule has 1 atom stereocenters. The van der Waals surface area contributed by atoms with Crippen molar-refractivity contribution in [2.45, 2.75) is 18.9 Å². The molecule has 15 heavy (non-hydrogen) atoms. The molecule has 4 heteroatoms. The minimum Gasteiger partial charge on any atom is -0.379 e. The van der Waals surface area contributed by atoms with Crippen LogP contribution in [-0.4, -0.2) is 62.8 Å². The Kier molecular flexibility index (Phi) is 7.44. The second-order valence-electron chi connectivity index (χ2n) is 4.28. The van der Waals surface area contributed by atoms with Crippen molar-refractivity contribution in [3.05, 3.63) is 0 Å². The van der Waals surface area contributed by atoms with Gasteiger partial charge in [-0.25, -0.2) is 0 Å². The summed E-state index contributed by atoms with van der Waals surface area (Å²) in [6, 6.07) is 0.723. The van der Waals surface area contributed by atoms with Crippen LogP contribution in [0.1, 0.15) is 12.8 Å². The molecule has 1 heterocycles. The zero-order chi connectivity index (χ0) is 10.9. The Balaban J connectivity index is 1.83. The zero-order valence-corrected chi connectivity index (χ0v) is 10.8. The lowest BCUT2D eigenvalue weighted by Gasteiger charge is -2.22. The molecule has 0 saturated carbocycles. The van der Waals surface area contributed by atoms with E-state index in [2.05, 4.69) is 36.1 Å². The molecule has 0 bridgehead atoms. The van der Waals surface area contributed by atoms with Gasteiger partial charge in [0.1, 0.15) is 0 Å². The number of hydrogen-bond acceptors (Lipinski definition) is 4. The van der Waals surface area contributed by atoms with Gasteiger partial charge in [0.05, 0.1) is 13.2 Å². The Labute approximate surface area is 97.9 Å². The first-order valence-corrected chi connectivity index (χ1v) is 6.98. The quantitative estimate of drug-likeness (QED) is 0.663. The molecular weight excluding hydrogens is 208 g/mol. The van der Waals surface area contributed by atoms with Crippen LogP contribution in [0.15, 0.2) is 0 Å². The fraction of sp³-hybridized carbons (Fsp3) is 1.00. The van der Waals surface area contributed by atoms with Gasteiger partial charge in [0.25, 0.3) is 0 Å². The van der Waals surface area contributed by atoms with Gasteiger partial charge in [-0.1, -0.05) is 0 Å². The highest BCUT2D eigenvalue weighted by Crippen LogP contribution is 2.16. The molecule has 0 amide bonds. The number of rotatable bonds is 7. The first-order chi connectivity index (χ1) is 7.29. The summed E-state index contributed by atoms with van der Waals surface area (Å²) in [7, 11) is 4.14. The number of nitrogens with zero attached hydrogens (tertiary/aromatic N) is 1. The molecule has 1 aliphatic heterocycles. The largest absolute Gasteiger partial charge is 0.379 e. The van der Waals surface area contributed by atoms with Gasteiger partial charge in [0, 0.05) is 24.9 Å². The Bertz CT molecular complexity index is 150. The van der Waals surface area contributed by atoms with E-state index in [1.807, 2.05) is 0 Å². The summed E-state index contributed by atoms with van der Waals surface area (Å²) in [6.07, 6.45) is 2.70. The van der Waals surface area contributed by atoms with E-state index in [0.29, 0.717) is 0 Å². The van der Waals surface area contributed by atoms with Crippen molar-refractivity contribution in [2.24, 2.45) is 0 Å². The summed E-state index contributed by atoms with van der Waals surface area (Å²) < 4.78 is 5.52. The van der Waals surface area contributed by atoms with Crippen LogP contribution < -0.4 is 5.32 Å². The maximum absolute atomic E-state index is 5.52. The highest BCUT2D eigenvalue weighted by molar-refractivity contribution is 7.99. The molecule has 1 saturated heterocycles. The van der Waals surface area contributed by atoms with Crippen LogP contribution in [-0.2, 0) is 4.74 Å². The van der Waals surface area contributed by atoms with Crippen molar-refractivity contribution in [3.63, 3.8) is 0 Å². The molecule has 0 radical (unpaired) electrons. The van der Waals surface area contributed by atoms with E-state index in [1.54, 1.807) is 0 Å². The first kappa shape index (κ1) is 13.3. The van der Waals surface area contributed by atoms with Crippen LogP contribution in [0, 0.1) is 0 Å². The van der Waals surface area contributed by atoms with Gasteiger partial charge < -0.3 is 15.0 Å². The molecule has 0 spiro atoms. The lowest BCUT2D eigenvalue weighted by Crippen LogP contribution is -2.36. The van der Waals surface area contributed by atoms with E-state index in [0.717, 1.165) is 32.3 Å². The molecule has 0 aliphatic carbocycles. The van der Waals surface area contributed by atoms with Gasteiger partial charge in [0.15, 0.2) is 0 Å². The highest BCUT2D eigenvalue weighted by Gasteiger charge is 2.11. The van der Waals surface area contributed by atoms with Crippen molar-refractivity contribution in [2.75, 3.05) is 51.9 Å². The van der Waals surface area contributed by atoms with Crippen LogP contribution in [0.4, 0.5) is 0 Å². The zero-order valence-electron chi connectivity index (χ0n) is 10.00. The number of nitrogens with one attached hydrogen (secondary N) is 1. The van der Waals surface area contributed by atoms with E-state index in [9.17, 15) is 0 Å². The van der Waals surface area contributed by atoms with Gasteiger partial charge in [0.2, 0.25) is 0 Å². The number of hydrogen-bond donors (Lipinski definition) is 1. The Morgan fingerprint density at radius 3 is 2.93 bits per heavy atom. The normalized spacial score (nSPS) is 22.2. The van der Waals surface area contributed by atoms with Gasteiger partial charge in [-0.05, 0) is 32.7 Å². The molecule has 0 aromatic rings. The van der Waals surface area contributed by atoms with Crippen LogP contribution in [0.2, 0.25) is 0 Å². The molecule has 1 fully saturated rings. The second kappa shape index (κ2) is 8.39. The summed E-state index contributed by atoms with van der Waals surface area (Å²) in [5.41, 5.74) is 0. The standard InChI is InChI=1S/C11H24N2OS/c1-13(2)6-8-14-7-5-12-11-4-3-9-15-10-11/h11-12H,3-10H2,1-2H3. The van der Waals surface area contributed by atoms with Crippen LogP contribution >= 0.6 is 11.8 Å². The number of thioether (sulfide) groups is 1. The van der Waals surface area contributed by atoms with Crippen LogP contribution in [0.25, 0.3) is 0 Å². The van der Waals surface area contributed by atoms with Crippen molar-refractivity contribution in [3.8, 4) is 0 Å². The Hall–Kier alpha value is 0.230. The Morgan fingerprint density at radius 1 is 1.40 bits per heavy atom. The second-order valence-corrected chi connectivity index (χ2v) is 5.43. The van der Waals surface area contributed by atoms with Gasteiger partial charge in [-0.2, -0.15) is 11.8 Å². The fourth-order valence-electron chi connectivity index (χ4n) is 1.59. The van der Waals surface area contributed by atoms with Crippen LogP contribution in [0.3, 0.4) is 0 Å². The summed E-state index contributed by atoms with van der Waals surface area (Å²) in [4.78, 5) is 2.14. The van der Waals surface area contributed by atoms with Gasteiger partial charge in [-0.3, -0.25) is 0 Å². The molecule has 90 valence electrons. The molecular formula is C11H24N2OS. The van der Waals surface area contributed by atoms with E-state index in [4.69, 9.17) is 4.74 Å². The predicted molar refractivity (Wildman–Crippen MR) is 67.7 cm³/mol. The van der Waals surface area contributed by atoms with Gasteiger partial charge >= 0.3 is 0 Å². The lowest BCUT2D eigenvalue weighted by molar-refractivity contribution is 0.117. The molecule has 1 aliphatic rings. The van der Waals surface area contributed by atoms with Crippen molar-refractivity contribution < 1.29 is 4.74 Å². The van der Waals surface area contributed by atoms with Crippen LogP contribution in [0.5, 0.6) is 0 Å². The number of ether oxygens (including phenoxy) is 1. The molecule has 0 aromatic heterocycles. The van der Waals surface area contributed by atoms with E-state index < -0.39 is 0 Å². The lowest BCUT2D eigenvalue weighted by atomic mass is 10.2. The van der Waals surface area contributed by atoms with E-state index in [1.165, 1.54) is 24.3 Å². The smallest absolute Gasteiger partial charge is 0.0593 e. The monoisotopic (exact) mass is 232 g/mol.